The third kappa shape index (κ3) is 44.1. The van der Waals surface area contributed by atoms with Crippen LogP contribution in [-0.4, -0.2) is 37.2 Å². The van der Waals surface area contributed by atoms with Crippen molar-refractivity contribution in [2.24, 2.45) is 0 Å². The summed E-state index contributed by atoms with van der Waals surface area (Å²) in [6, 6.07) is 0. The molecule has 0 aromatic carbocycles. The van der Waals surface area contributed by atoms with Gasteiger partial charge >= 0.3 is 17.9 Å². The van der Waals surface area contributed by atoms with Crippen LogP contribution in [0.3, 0.4) is 0 Å². The summed E-state index contributed by atoms with van der Waals surface area (Å²) in [6.45, 7) is 6.50. The minimum Gasteiger partial charge on any atom is -0.462 e. The number of carbonyl (C=O) groups is 3. The molecular weight excluding hydrogens is 709 g/mol. The summed E-state index contributed by atoms with van der Waals surface area (Å²) in [7, 11) is 0. The monoisotopic (exact) mass is 797 g/mol. The van der Waals surface area contributed by atoms with Crippen molar-refractivity contribution in [2.75, 3.05) is 13.2 Å². The average Bonchev–Trinajstić information content (AvgIpc) is 3.21. The second-order valence-corrected chi connectivity index (χ2v) is 15.8. The third-order valence-corrected chi connectivity index (χ3v) is 10.1. The summed E-state index contributed by atoms with van der Waals surface area (Å²) in [5.41, 5.74) is 0. The van der Waals surface area contributed by atoms with Crippen LogP contribution in [0.4, 0.5) is 0 Å². The van der Waals surface area contributed by atoms with Crippen LogP contribution in [0.15, 0.2) is 60.8 Å². The average molecular weight is 797 g/mol. The Hall–Kier alpha value is -2.89. The first-order valence-electron chi connectivity index (χ1n) is 23.9. The lowest BCUT2D eigenvalue weighted by Gasteiger charge is -2.18. The smallest absolute Gasteiger partial charge is 0.306 e. The van der Waals surface area contributed by atoms with Gasteiger partial charge in [0.25, 0.3) is 0 Å². The molecule has 0 aliphatic heterocycles. The van der Waals surface area contributed by atoms with Gasteiger partial charge in [0, 0.05) is 19.3 Å². The molecule has 6 heteroatoms. The Balaban J connectivity index is 4.38. The van der Waals surface area contributed by atoms with E-state index in [4.69, 9.17) is 14.2 Å². The van der Waals surface area contributed by atoms with E-state index < -0.39 is 6.10 Å². The van der Waals surface area contributed by atoms with E-state index in [-0.39, 0.29) is 31.1 Å². The molecule has 0 rings (SSSR count). The van der Waals surface area contributed by atoms with Crippen molar-refractivity contribution in [3.63, 3.8) is 0 Å². The zero-order chi connectivity index (χ0) is 41.5. The van der Waals surface area contributed by atoms with Gasteiger partial charge < -0.3 is 14.2 Å². The topological polar surface area (TPSA) is 78.9 Å². The summed E-state index contributed by atoms with van der Waals surface area (Å²) in [5, 5.41) is 0. The van der Waals surface area contributed by atoms with Gasteiger partial charge in [-0.15, -0.1) is 0 Å². The fraction of sp³-hybridized carbons (Fsp3) is 0.745. The van der Waals surface area contributed by atoms with E-state index in [2.05, 4.69) is 57.2 Å². The van der Waals surface area contributed by atoms with Crippen molar-refractivity contribution in [1.82, 2.24) is 0 Å². The van der Waals surface area contributed by atoms with Crippen LogP contribution < -0.4 is 0 Å². The highest BCUT2D eigenvalue weighted by Crippen LogP contribution is 2.15. The Labute approximate surface area is 351 Å². The van der Waals surface area contributed by atoms with Gasteiger partial charge in [-0.05, 0) is 38.5 Å². The van der Waals surface area contributed by atoms with Crippen molar-refractivity contribution < 1.29 is 28.6 Å². The summed E-state index contributed by atoms with van der Waals surface area (Å²) in [5.74, 6) is -0.908. The number of unbranched alkanes of at least 4 members (excludes halogenated alkanes) is 25. The SMILES string of the molecule is CCC\C=C/C=C\C=C/C=C\C=C/CCCCCCCC(=O)OCC(COC(=O)CCCCCCCCCCC)OC(=O)CCCCCCCCCCCCCC. The van der Waals surface area contributed by atoms with E-state index in [1.165, 1.54) is 103 Å². The van der Waals surface area contributed by atoms with Crippen LogP contribution in [0.2, 0.25) is 0 Å². The third-order valence-electron chi connectivity index (χ3n) is 10.1. The molecule has 0 aromatic rings. The van der Waals surface area contributed by atoms with Gasteiger partial charge in [0.1, 0.15) is 13.2 Å². The molecule has 0 bridgehead atoms. The predicted octanol–water partition coefficient (Wildman–Crippen LogP) is 15.3. The van der Waals surface area contributed by atoms with E-state index in [9.17, 15) is 14.4 Å². The van der Waals surface area contributed by atoms with Gasteiger partial charge in [-0.1, -0.05) is 229 Å². The molecule has 0 N–H and O–H groups in total. The lowest BCUT2D eigenvalue weighted by Crippen LogP contribution is -2.30. The van der Waals surface area contributed by atoms with Gasteiger partial charge in [0.15, 0.2) is 6.10 Å². The molecule has 57 heavy (non-hydrogen) atoms. The lowest BCUT2D eigenvalue weighted by atomic mass is 10.0. The Bertz CT molecular complexity index is 1050. The maximum atomic E-state index is 12.7. The summed E-state index contributed by atoms with van der Waals surface area (Å²) in [4.78, 5) is 37.7. The van der Waals surface area contributed by atoms with Crippen molar-refractivity contribution in [1.29, 1.82) is 0 Å². The number of esters is 3. The maximum Gasteiger partial charge on any atom is 0.306 e. The molecule has 0 aliphatic carbocycles. The normalized spacial score (nSPS) is 12.5. The fourth-order valence-electron chi connectivity index (χ4n) is 6.53. The molecule has 328 valence electrons. The van der Waals surface area contributed by atoms with Crippen LogP contribution in [-0.2, 0) is 28.6 Å². The van der Waals surface area contributed by atoms with Crippen molar-refractivity contribution in [3.8, 4) is 0 Å². The molecule has 0 fully saturated rings. The molecule has 0 radical (unpaired) electrons. The van der Waals surface area contributed by atoms with Gasteiger partial charge in [-0.25, -0.2) is 0 Å². The van der Waals surface area contributed by atoms with Gasteiger partial charge in [-0.3, -0.25) is 14.4 Å². The zero-order valence-electron chi connectivity index (χ0n) is 37.3. The number of hydrogen-bond acceptors (Lipinski definition) is 6. The maximum absolute atomic E-state index is 12.7. The molecular formula is C51H88O6. The predicted molar refractivity (Wildman–Crippen MR) is 242 cm³/mol. The summed E-state index contributed by atoms with van der Waals surface area (Å²) < 4.78 is 16.7. The molecule has 0 aliphatic rings. The number of hydrogen-bond donors (Lipinski definition) is 0. The Morgan fingerprint density at radius 3 is 1.05 bits per heavy atom. The van der Waals surface area contributed by atoms with Crippen LogP contribution in [0.25, 0.3) is 0 Å². The Morgan fingerprint density at radius 2 is 0.667 bits per heavy atom. The minimum atomic E-state index is -0.778. The minimum absolute atomic E-state index is 0.0803. The van der Waals surface area contributed by atoms with Gasteiger partial charge in [-0.2, -0.15) is 0 Å². The highest BCUT2D eigenvalue weighted by Gasteiger charge is 2.19. The molecule has 0 saturated carbocycles. The Morgan fingerprint density at radius 1 is 0.351 bits per heavy atom. The molecule has 0 spiro atoms. The van der Waals surface area contributed by atoms with Crippen LogP contribution in [0, 0.1) is 0 Å². The number of rotatable bonds is 42. The van der Waals surface area contributed by atoms with Crippen LogP contribution in [0.1, 0.15) is 226 Å². The highest BCUT2D eigenvalue weighted by atomic mass is 16.6. The van der Waals surface area contributed by atoms with E-state index in [0.29, 0.717) is 19.3 Å². The van der Waals surface area contributed by atoms with E-state index in [1.807, 2.05) is 24.3 Å². The quantitative estimate of drug-likeness (QED) is 0.0265. The Kier molecular flexibility index (Phi) is 43.5. The molecule has 6 nitrogen and oxygen atoms in total. The number of allylic oxidation sites excluding steroid dienone is 10. The highest BCUT2D eigenvalue weighted by molar-refractivity contribution is 5.71. The van der Waals surface area contributed by atoms with Crippen molar-refractivity contribution in [3.05, 3.63) is 60.8 Å². The van der Waals surface area contributed by atoms with E-state index >= 15 is 0 Å². The standard InChI is InChI=1S/C51H88O6/c1-4-7-10-13-16-19-21-23-24-25-26-27-28-30-32-35-38-41-44-50(53)56-47-48(46-55-49(52)43-40-37-34-31-18-15-12-9-6-3)57-51(54)45-42-39-36-33-29-22-20-17-14-11-8-5-2/h10,13,16,19,21,23-27,48H,4-9,11-12,14-15,17-18,20,22,28-47H2,1-3H3/b13-10-,19-16-,23-21-,25-24-,27-26-. The first-order chi connectivity index (χ1) is 28.0. The molecule has 0 aromatic heterocycles. The molecule has 0 saturated heterocycles. The summed E-state index contributed by atoms with van der Waals surface area (Å²) >= 11 is 0. The lowest BCUT2D eigenvalue weighted by molar-refractivity contribution is -0.167. The molecule has 0 heterocycles. The first-order valence-corrected chi connectivity index (χ1v) is 23.9. The van der Waals surface area contributed by atoms with Crippen molar-refractivity contribution >= 4 is 17.9 Å². The van der Waals surface area contributed by atoms with Crippen molar-refractivity contribution in [2.45, 2.75) is 232 Å². The van der Waals surface area contributed by atoms with E-state index in [0.717, 1.165) is 83.5 Å². The van der Waals surface area contributed by atoms with Gasteiger partial charge in [0.05, 0.1) is 0 Å². The second-order valence-electron chi connectivity index (χ2n) is 15.8. The second kappa shape index (κ2) is 45.8. The first kappa shape index (κ1) is 54.1. The fourth-order valence-corrected chi connectivity index (χ4v) is 6.53. The number of ether oxygens (including phenoxy) is 3. The molecule has 0 amide bonds. The van der Waals surface area contributed by atoms with Crippen LogP contribution in [0.5, 0.6) is 0 Å². The van der Waals surface area contributed by atoms with E-state index in [1.54, 1.807) is 0 Å². The van der Waals surface area contributed by atoms with Crippen LogP contribution >= 0.6 is 0 Å². The molecule has 1 unspecified atom stereocenters. The molecule has 1 atom stereocenters. The number of carbonyl (C=O) groups excluding carboxylic acids is 3. The zero-order valence-corrected chi connectivity index (χ0v) is 37.3. The summed E-state index contributed by atoms with van der Waals surface area (Å²) in [6.07, 6.45) is 54.8. The largest absolute Gasteiger partial charge is 0.462 e. The van der Waals surface area contributed by atoms with Gasteiger partial charge in [0.2, 0.25) is 0 Å².